The normalized spacial score (nSPS) is 23.4. The van der Waals surface area contributed by atoms with E-state index in [4.69, 9.17) is 4.74 Å². The number of benzene rings is 2. The van der Waals surface area contributed by atoms with Gasteiger partial charge in [0, 0.05) is 5.39 Å². The fraction of sp³-hybridized carbons (Fsp3) is 0.333. The summed E-state index contributed by atoms with van der Waals surface area (Å²) in [4.78, 5) is 0. The Kier molecular flexibility index (Phi) is 3.27. The van der Waals surface area contributed by atoms with Gasteiger partial charge in [0.2, 0.25) is 0 Å². The first-order valence-corrected chi connectivity index (χ1v) is 7.07. The van der Waals surface area contributed by atoms with Crippen molar-refractivity contribution in [3.05, 3.63) is 40.9 Å². The number of aliphatic hydroxyl groups excluding tert-OH is 1. The minimum atomic E-state index is -0.337. The molecular formula is C15H15BrO2. The molecule has 1 saturated carbocycles. The molecule has 0 heterocycles. The van der Waals surface area contributed by atoms with E-state index < -0.39 is 0 Å². The van der Waals surface area contributed by atoms with Crippen LogP contribution in [-0.4, -0.2) is 17.3 Å². The van der Waals surface area contributed by atoms with E-state index in [1.165, 1.54) is 0 Å². The molecule has 2 aromatic carbocycles. The van der Waals surface area contributed by atoms with Crippen molar-refractivity contribution in [3.8, 4) is 5.75 Å². The number of rotatable bonds is 2. The largest absolute Gasteiger partial charge is 0.486 e. The van der Waals surface area contributed by atoms with Crippen molar-refractivity contribution in [2.75, 3.05) is 0 Å². The predicted octanol–water partition coefficient (Wildman–Crippen LogP) is 3.89. The first-order chi connectivity index (χ1) is 8.75. The molecule has 2 aromatic rings. The quantitative estimate of drug-likeness (QED) is 0.912. The first kappa shape index (κ1) is 12.0. The molecule has 2 atom stereocenters. The van der Waals surface area contributed by atoms with Crippen molar-refractivity contribution in [3.63, 3.8) is 0 Å². The molecule has 0 saturated heterocycles. The molecule has 0 bridgehead atoms. The van der Waals surface area contributed by atoms with Crippen LogP contribution in [0.15, 0.2) is 40.9 Å². The van der Waals surface area contributed by atoms with E-state index >= 15 is 0 Å². The summed E-state index contributed by atoms with van der Waals surface area (Å²) in [6.07, 6.45) is 2.39. The average Bonchev–Trinajstić information content (AvgIpc) is 2.79. The lowest BCUT2D eigenvalue weighted by Crippen LogP contribution is -2.25. The van der Waals surface area contributed by atoms with E-state index in [1.54, 1.807) is 0 Å². The average molecular weight is 307 g/mol. The molecule has 1 aliphatic rings. The topological polar surface area (TPSA) is 29.5 Å². The summed E-state index contributed by atoms with van der Waals surface area (Å²) in [7, 11) is 0. The third-order valence-electron chi connectivity index (χ3n) is 3.52. The highest BCUT2D eigenvalue weighted by molar-refractivity contribution is 9.10. The van der Waals surface area contributed by atoms with Gasteiger partial charge in [0.15, 0.2) is 0 Å². The minimum Gasteiger partial charge on any atom is -0.486 e. The smallest absolute Gasteiger partial charge is 0.141 e. The highest BCUT2D eigenvalue weighted by Crippen LogP contribution is 2.36. The van der Waals surface area contributed by atoms with Gasteiger partial charge in [-0.2, -0.15) is 0 Å². The molecular weight excluding hydrogens is 292 g/mol. The van der Waals surface area contributed by atoms with Gasteiger partial charge in [0.05, 0.1) is 10.6 Å². The first-order valence-electron chi connectivity index (χ1n) is 6.27. The molecule has 0 spiro atoms. The SMILES string of the molecule is OC1CCCC1Oc1c(Br)ccc2ccccc12. The molecule has 0 aliphatic heterocycles. The van der Waals surface area contributed by atoms with Gasteiger partial charge in [-0.05, 0) is 46.6 Å². The van der Waals surface area contributed by atoms with Gasteiger partial charge in [-0.3, -0.25) is 0 Å². The van der Waals surface area contributed by atoms with E-state index in [9.17, 15) is 5.11 Å². The van der Waals surface area contributed by atoms with Crippen molar-refractivity contribution >= 4 is 26.7 Å². The van der Waals surface area contributed by atoms with Crippen LogP contribution in [0.2, 0.25) is 0 Å². The van der Waals surface area contributed by atoms with Crippen LogP contribution in [-0.2, 0) is 0 Å². The third-order valence-corrected chi connectivity index (χ3v) is 4.14. The van der Waals surface area contributed by atoms with Gasteiger partial charge in [-0.1, -0.05) is 30.3 Å². The Balaban J connectivity index is 2.02. The van der Waals surface area contributed by atoms with Crippen LogP contribution in [0.5, 0.6) is 5.75 Å². The fourth-order valence-corrected chi connectivity index (χ4v) is 2.97. The summed E-state index contributed by atoms with van der Waals surface area (Å²) < 4.78 is 6.98. The summed E-state index contributed by atoms with van der Waals surface area (Å²) in [5, 5.41) is 12.1. The van der Waals surface area contributed by atoms with Crippen LogP contribution >= 0.6 is 15.9 Å². The van der Waals surface area contributed by atoms with Crippen LogP contribution in [0.1, 0.15) is 19.3 Å². The van der Waals surface area contributed by atoms with E-state index in [0.717, 1.165) is 40.3 Å². The highest BCUT2D eigenvalue weighted by atomic mass is 79.9. The Bertz CT molecular complexity index is 567. The van der Waals surface area contributed by atoms with E-state index in [0.29, 0.717) is 0 Å². The van der Waals surface area contributed by atoms with Crippen LogP contribution in [0.3, 0.4) is 0 Å². The lowest BCUT2D eigenvalue weighted by Gasteiger charge is -2.19. The van der Waals surface area contributed by atoms with Gasteiger partial charge < -0.3 is 9.84 Å². The zero-order chi connectivity index (χ0) is 12.5. The lowest BCUT2D eigenvalue weighted by atomic mass is 10.1. The van der Waals surface area contributed by atoms with Crippen molar-refractivity contribution in [2.45, 2.75) is 31.5 Å². The maximum Gasteiger partial charge on any atom is 0.141 e. The molecule has 2 unspecified atom stereocenters. The molecule has 1 N–H and O–H groups in total. The number of hydrogen-bond donors (Lipinski definition) is 1. The molecule has 3 heteroatoms. The van der Waals surface area contributed by atoms with Gasteiger partial charge in [-0.25, -0.2) is 0 Å². The van der Waals surface area contributed by atoms with Crippen LogP contribution < -0.4 is 4.74 Å². The monoisotopic (exact) mass is 306 g/mol. The van der Waals surface area contributed by atoms with Gasteiger partial charge in [0.1, 0.15) is 11.9 Å². The second-order valence-corrected chi connectivity index (χ2v) is 5.61. The lowest BCUT2D eigenvalue weighted by molar-refractivity contribution is 0.0609. The maximum atomic E-state index is 9.87. The Morgan fingerprint density at radius 3 is 2.72 bits per heavy atom. The Labute approximate surface area is 115 Å². The molecule has 94 valence electrons. The maximum absolute atomic E-state index is 9.87. The molecule has 1 aliphatic carbocycles. The Morgan fingerprint density at radius 2 is 1.94 bits per heavy atom. The van der Waals surface area contributed by atoms with Gasteiger partial charge >= 0.3 is 0 Å². The van der Waals surface area contributed by atoms with Crippen LogP contribution in [0, 0.1) is 0 Å². The standard InChI is InChI=1S/C15H15BrO2/c16-12-9-8-10-4-1-2-5-11(10)15(12)18-14-7-3-6-13(14)17/h1-2,4-5,8-9,13-14,17H,3,6-7H2. The van der Waals surface area contributed by atoms with Gasteiger partial charge in [-0.15, -0.1) is 0 Å². The van der Waals surface area contributed by atoms with E-state index in [1.807, 2.05) is 18.2 Å². The van der Waals surface area contributed by atoms with Crippen molar-refractivity contribution in [2.24, 2.45) is 0 Å². The number of halogens is 1. The number of aliphatic hydroxyl groups is 1. The van der Waals surface area contributed by atoms with E-state index in [2.05, 4.69) is 34.1 Å². The van der Waals surface area contributed by atoms with Crippen LogP contribution in [0.25, 0.3) is 10.8 Å². The summed E-state index contributed by atoms with van der Waals surface area (Å²) in [6, 6.07) is 12.2. The van der Waals surface area contributed by atoms with E-state index in [-0.39, 0.29) is 12.2 Å². The summed E-state index contributed by atoms with van der Waals surface area (Å²) in [6.45, 7) is 0. The van der Waals surface area contributed by atoms with Crippen molar-refractivity contribution in [1.29, 1.82) is 0 Å². The predicted molar refractivity (Wildman–Crippen MR) is 75.9 cm³/mol. The molecule has 1 fully saturated rings. The zero-order valence-electron chi connectivity index (χ0n) is 9.97. The Hall–Kier alpha value is -1.06. The molecule has 18 heavy (non-hydrogen) atoms. The summed E-state index contributed by atoms with van der Waals surface area (Å²) in [5.74, 6) is 0.846. The molecule has 2 nitrogen and oxygen atoms in total. The second-order valence-electron chi connectivity index (χ2n) is 4.75. The summed E-state index contributed by atoms with van der Waals surface area (Å²) in [5.41, 5.74) is 0. The highest BCUT2D eigenvalue weighted by Gasteiger charge is 2.27. The minimum absolute atomic E-state index is 0.0768. The zero-order valence-corrected chi connectivity index (χ0v) is 11.6. The molecule has 0 amide bonds. The second kappa shape index (κ2) is 4.90. The van der Waals surface area contributed by atoms with Gasteiger partial charge in [0.25, 0.3) is 0 Å². The van der Waals surface area contributed by atoms with Crippen LogP contribution in [0.4, 0.5) is 0 Å². The Morgan fingerprint density at radius 1 is 1.11 bits per heavy atom. The molecule has 0 aromatic heterocycles. The van der Waals surface area contributed by atoms with Crippen molar-refractivity contribution < 1.29 is 9.84 Å². The van der Waals surface area contributed by atoms with Crippen molar-refractivity contribution in [1.82, 2.24) is 0 Å². The molecule has 3 rings (SSSR count). The summed E-state index contributed by atoms with van der Waals surface area (Å²) >= 11 is 3.54. The number of hydrogen-bond acceptors (Lipinski definition) is 2. The third kappa shape index (κ3) is 2.13. The molecule has 0 radical (unpaired) electrons. The fourth-order valence-electron chi connectivity index (χ4n) is 2.53. The number of ether oxygens (including phenoxy) is 1. The number of fused-ring (bicyclic) bond motifs is 1.